The largest absolute Gasteiger partial charge is 0.496 e. The molecule has 0 saturated carbocycles. The van der Waals surface area contributed by atoms with Crippen molar-refractivity contribution in [1.82, 2.24) is 0 Å². The quantitative estimate of drug-likeness (QED) is 0.459. The molecule has 1 aromatic carbocycles. The number of methoxy groups -OCH3 is 1. The van der Waals surface area contributed by atoms with Crippen LogP contribution in [0.3, 0.4) is 0 Å². The zero-order valence-corrected chi connectivity index (χ0v) is 18.9. The molecule has 0 N–H and O–H groups in total. The minimum atomic E-state index is -3.36. The second-order valence-corrected chi connectivity index (χ2v) is 10.9. The van der Waals surface area contributed by atoms with Crippen LogP contribution in [0, 0.1) is 0 Å². The maximum Gasteiger partial charge on any atom is 0.337 e. The van der Waals surface area contributed by atoms with Crippen LogP contribution in [-0.4, -0.2) is 33.3 Å². The van der Waals surface area contributed by atoms with E-state index in [1.165, 1.54) is 20.3 Å². The summed E-state index contributed by atoms with van der Waals surface area (Å²) in [5.41, 5.74) is 2.79. The SMILES string of the molecule is COc1c(C(C)(C)C)cc(/C=C/C(=O)CP(=O)(OC)OC)cc1C(C)(C)C. The van der Waals surface area contributed by atoms with Gasteiger partial charge in [-0.1, -0.05) is 47.6 Å². The molecule has 6 heteroatoms. The lowest BCUT2D eigenvalue weighted by Gasteiger charge is -2.29. The van der Waals surface area contributed by atoms with Crippen molar-refractivity contribution in [3.63, 3.8) is 0 Å². The molecule has 0 radical (unpaired) electrons. The molecule has 27 heavy (non-hydrogen) atoms. The molecular weight excluding hydrogens is 363 g/mol. The number of hydrogen-bond donors (Lipinski definition) is 0. The monoisotopic (exact) mass is 396 g/mol. The van der Waals surface area contributed by atoms with Crippen molar-refractivity contribution in [2.45, 2.75) is 52.4 Å². The number of rotatable bonds is 7. The molecule has 0 unspecified atom stereocenters. The first kappa shape index (κ1) is 23.6. The van der Waals surface area contributed by atoms with Crippen LogP contribution in [0.25, 0.3) is 6.08 Å². The Balaban J connectivity index is 3.37. The molecule has 0 aliphatic rings. The Morgan fingerprint density at radius 2 is 1.41 bits per heavy atom. The third-order valence-corrected chi connectivity index (χ3v) is 6.11. The Hall–Kier alpha value is -1.42. The summed E-state index contributed by atoms with van der Waals surface area (Å²) in [6.07, 6.45) is 2.87. The van der Waals surface area contributed by atoms with Crippen LogP contribution in [0.1, 0.15) is 58.2 Å². The van der Waals surface area contributed by atoms with E-state index in [2.05, 4.69) is 41.5 Å². The molecule has 0 aliphatic heterocycles. The normalized spacial score (nSPS) is 13.2. The minimum absolute atomic E-state index is 0.124. The number of benzene rings is 1. The highest BCUT2D eigenvalue weighted by atomic mass is 31.2. The maximum atomic E-state index is 12.2. The molecule has 0 spiro atoms. The van der Waals surface area contributed by atoms with E-state index < -0.39 is 7.60 Å². The molecule has 152 valence electrons. The van der Waals surface area contributed by atoms with E-state index in [1.807, 2.05) is 12.1 Å². The molecule has 0 amide bonds. The molecule has 0 heterocycles. The molecular formula is C21H33O5P. The van der Waals surface area contributed by atoms with Crippen LogP contribution in [-0.2, 0) is 29.2 Å². The van der Waals surface area contributed by atoms with Crippen LogP contribution < -0.4 is 4.74 Å². The average molecular weight is 396 g/mol. The lowest BCUT2D eigenvalue weighted by molar-refractivity contribution is -0.112. The topological polar surface area (TPSA) is 61.8 Å². The van der Waals surface area contributed by atoms with Gasteiger partial charge in [0.1, 0.15) is 11.9 Å². The molecule has 0 bridgehead atoms. The fourth-order valence-electron chi connectivity index (χ4n) is 2.72. The number of carbonyl (C=O) groups is 1. The van der Waals surface area contributed by atoms with Crippen LogP contribution in [0.5, 0.6) is 5.75 Å². The number of carbonyl (C=O) groups excluding carboxylic acids is 1. The predicted octanol–water partition coefficient (Wildman–Crippen LogP) is 5.36. The van der Waals surface area contributed by atoms with E-state index >= 15 is 0 Å². The first-order chi connectivity index (χ1) is 12.3. The van der Waals surface area contributed by atoms with Crippen molar-refractivity contribution in [2.75, 3.05) is 27.5 Å². The fraction of sp³-hybridized carbons (Fsp3) is 0.571. The van der Waals surface area contributed by atoms with Crippen molar-refractivity contribution in [2.24, 2.45) is 0 Å². The van der Waals surface area contributed by atoms with E-state index in [1.54, 1.807) is 13.2 Å². The third kappa shape index (κ3) is 6.31. The minimum Gasteiger partial charge on any atom is -0.496 e. The summed E-state index contributed by atoms with van der Waals surface area (Å²) in [4.78, 5) is 12.2. The summed E-state index contributed by atoms with van der Waals surface area (Å²) in [6.45, 7) is 12.8. The van der Waals surface area contributed by atoms with Gasteiger partial charge in [-0.15, -0.1) is 0 Å². The first-order valence-corrected chi connectivity index (χ1v) is 10.6. The van der Waals surface area contributed by atoms with Crippen molar-refractivity contribution in [3.8, 4) is 5.75 Å². The maximum absolute atomic E-state index is 12.2. The highest BCUT2D eigenvalue weighted by Crippen LogP contribution is 2.46. The Morgan fingerprint density at radius 1 is 0.963 bits per heavy atom. The molecule has 5 nitrogen and oxygen atoms in total. The molecule has 0 fully saturated rings. The smallest absolute Gasteiger partial charge is 0.337 e. The lowest BCUT2D eigenvalue weighted by Crippen LogP contribution is -2.19. The highest BCUT2D eigenvalue weighted by Gasteiger charge is 2.27. The Kier molecular flexibility index (Phi) is 7.63. The number of ether oxygens (including phenoxy) is 1. The standard InChI is InChI=1S/C21H33O5P/c1-20(2,3)17-12-15(13-18(19(17)24-7)21(4,5)6)10-11-16(22)14-27(23,25-8)26-9/h10-13H,14H2,1-9H3/b11-10+. The Morgan fingerprint density at radius 3 is 1.74 bits per heavy atom. The number of allylic oxidation sites excluding steroid dienone is 1. The second-order valence-electron chi connectivity index (χ2n) is 8.58. The predicted molar refractivity (Wildman–Crippen MR) is 111 cm³/mol. The van der Waals surface area contributed by atoms with Gasteiger partial charge in [0, 0.05) is 25.3 Å². The van der Waals surface area contributed by atoms with E-state index in [0.717, 1.165) is 22.4 Å². The highest BCUT2D eigenvalue weighted by molar-refractivity contribution is 7.54. The van der Waals surface area contributed by atoms with Gasteiger partial charge in [-0.05, 0) is 34.6 Å². The molecule has 1 rings (SSSR count). The van der Waals surface area contributed by atoms with E-state index in [9.17, 15) is 9.36 Å². The van der Waals surface area contributed by atoms with E-state index in [-0.39, 0.29) is 22.8 Å². The fourth-order valence-corrected chi connectivity index (χ4v) is 3.61. The summed E-state index contributed by atoms with van der Waals surface area (Å²) in [5, 5.41) is 0. The summed E-state index contributed by atoms with van der Waals surface area (Å²) in [5.74, 6) is 0.564. The zero-order valence-electron chi connectivity index (χ0n) is 18.0. The van der Waals surface area contributed by atoms with Gasteiger partial charge >= 0.3 is 7.60 Å². The second kappa shape index (κ2) is 8.72. The average Bonchev–Trinajstić information content (AvgIpc) is 2.57. The molecule has 0 saturated heterocycles. The Labute approximate surface area is 163 Å². The Bertz CT molecular complexity index is 708. The first-order valence-electron chi connectivity index (χ1n) is 8.92. The van der Waals surface area contributed by atoms with Crippen LogP contribution in [0.4, 0.5) is 0 Å². The summed E-state index contributed by atoms with van der Waals surface area (Å²) in [6, 6.07) is 4.06. The van der Waals surface area contributed by atoms with Gasteiger partial charge < -0.3 is 13.8 Å². The van der Waals surface area contributed by atoms with Crippen LogP contribution in [0.2, 0.25) is 0 Å². The third-order valence-electron chi connectivity index (χ3n) is 4.30. The molecule has 0 atom stereocenters. The zero-order chi connectivity index (χ0) is 21.0. The van der Waals surface area contributed by atoms with Crippen molar-refractivity contribution < 1.29 is 23.1 Å². The number of ketones is 1. The molecule has 0 aromatic heterocycles. The van der Waals surface area contributed by atoms with Crippen molar-refractivity contribution >= 4 is 19.5 Å². The van der Waals surface area contributed by atoms with Crippen LogP contribution >= 0.6 is 7.60 Å². The van der Waals surface area contributed by atoms with E-state index in [0.29, 0.717) is 0 Å². The van der Waals surface area contributed by atoms with Crippen molar-refractivity contribution in [3.05, 3.63) is 34.9 Å². The van der Waals surface area contributed by atoms with Gasteiger partial charge in [0.15, 0.2) is 5.78 Å². The lowest BCUT2D eigenvalue weighted by atomic mass is 9.78. The van der Waals surface area contributed by atoms with E-state index in [4.69, 9.17) is 13.8 Å². The van der Waals surface area contributed by atoms with Crippen LogP contribution in [0.15, 0.2) is 18.2 Å². The summed E-state index contributed by atoms with van der Waals surface area (Å²) < 4.78 is 27.5. The number of hydrogen-bond acceptors (Lipinski definition) is 5. The van der Waals surface area contributed by atoms with Gasteiger partial charge in [-0.3, -0.25) is 9.36 Å². The van der Waals surface area contributed by atoms with Gasteiger partial charge in [0.25, 0.3) is 0 Å². The van der Waals surface area contributed by atoms with Gasteiger partial charge in [0.2, 0.25) is 0 Å². The van der Waals surface area contributed by atoms with Gasteiger partial charge in [0.05, 0.1) is 7.11 Å². The van der Waals surface area contributed by atoms with Gasteiger partial charge in [-0.2, -0.15) is 0 Å². The molecule has 0 aliphatic carbocycles. The van der Waals surface area contributed by atoms with Crippen molar-refractivity contribution in [1.29, 1.82) is 0 Å². The summed E-state index contributed by atoms with van der Waals surface area (Å²) in [7, 11) is 0.870. The molecule has 1 aromatic rings. The summed E-state index contributed by atoms with van der Waals surface area (Å²) >= 11 is 0. The van der Waals surface area contributed by atoms with Gasteiger partial charge in [-0.25, -0.2) is 0 Å².